The quantitative estimate of drug-likeness (QED) is 0.447. The lowest BCUT2D eigenvalue weighted by Gasteiger charge is -2.20. The van der Waals surface area contributed by atoms with Crippen LogP contribution in [0.25, 0.3) is 0 Å². The molecule has 8 nitrogen and oxygen atoms in total. The van der Waals surface area contributed by atoms with E-state index in [1.807, 2.05) is 0 Å². The molecule has 2 N–H and O–H groups in total. The molecule has 2 amide bonds. The maximum absolute atomic E-state index is 11.1. The summed E-state index contributed by atoms with van der Waals surface area (Å²) in [7, 11) is 1.30. The largest absolute Gasteiger partial charge is 0.467 e. The van der Waals surface area contributed by atoms with Gasteiger partial charge in [0.1, 0.15) is 5.76 Å². The van der Waals surface area contributed by atoms with Gasteiger partial charge in [0.15, 0.2) is 6.04 Å². The maximum atomic E-state index is 11.1. The summed E-state index contributed by atoms with van der Waals surface area (Å²) in [6.07, 6.45) is 1.31. The van der Waals surface area contributed by atoms with E-state index in [0.29, 0.717) is 0 Å². The number of hydrogen-bond acceptors (Lipinski definition) is 5. The van der Waals surface area contributed by atoms with Crippen LogP contribution in [-0.4, -0.2) is 34.8 Å². The third-order valence-electron chi connectivity index (χ3n) is 1.91. The Morgan fingerprint density at radius 3 is 2.94 bits per heavy atom. The lowest BCUT2D eigenvalue weighted by atomic mass is 10.2. The molecule has 88 valence electrons. The van der Waals surface area contributed by atoms with Crippen molar-refractivity contribution in [3.8, 4) is 0 Å². The Bertz CT molecular complexity index is 364. The summed E-state index contributed by atoms with van der Waals surface area (Å²) < 4.78 is 4.93. The Kier molecular flexibility index (Phi) is 3.84. The Morgan fingerprint density at radius 1 is 1.81 bits per heavy atom. The van der Waals surface area contributed by atoms with Gasteiger partial charge in [-0.15, -0.1) is 0 Å². The number of furan rings is 1. The van der Waals surface area contributed by atoms with Crippen molar-refractivity contribution < 1.29 is 19.3 Å². The van der Waals surface area contributed by atoms with Crippen molar-refractivity contribution in [1.29, 1.82) is 0 Å². The van der Waals surface area contributed by atoms with Crippen LogP contribution in [0.1, 0.15) is 11.8 Å². The number of amides is 2. The third kappa shape index (κ3) is 2.70. The predicted molar refractivity (Wildman–Crippen MR) is 51.4 cm³/mol. The highest BCUT2D eigenvalue weighted by molar-refractivity contribution is 5.72. The Hall–Kier alpha value is -2.09. The fourth-order valence-electron chi connectivity index (χ4n) is 1.17. The van der Waals surface area contributed by atoms with Crippen molar-refractivity contribution >= 4 is 6.03 Å². The van der Waals surface area contributed by atoms with Gasteiger partial charge < -0.3 is 9.73 Å². The molecule has 0 saturated carbocycles. The number of rotatable bonds is 4. The van der Waals surface area contributed by atoms with Gasteiger partial charge in [-0.2, -0.15) is 5.06 Å². The zero-order chi connectivity index (χ0) is 12.1. The maximum Gasteiger partial charge on any atom is 0.341 e. The molecule has 1 heterocycles. The highest BCUT2D eigenvalue weighted by Crippen LogP contribution is 2.19. The number of nitrogens with zero attached hydrogens (tertiary/aromatic N) is 2. The smallest absolute Gasteiger partial charge is 0.341 e. The van der Waals surface area contributed by atoms with E-state index >= 15 is 0 Å². The molecule has 0 bridgehead atoms. The number of hydroxylamine groups is 2. The van der Waals surface area contributed by atoms with Gasteiger partial charge in [-0.25, -0.2) is 4.79 Å². The average molecular weight is 229 g/mol. The molecular formula is C8H11N3O5. The topological polar surface area (TPSA) is 109 Å². The van der Waals surface area contributed by atoms with E-state index in [0.717, 1.165) is 0 Å². The van der Waals surface area contributed by atoms with Crippen LogP contribution in [0, 0.1) is 10.1 Å². The fraction of sp³-hybridized carbons (Fsp3) is 0.375. The molecule has 1 atom stereocenters. The third-order valence-corrected chi connectivity index (χ3v) is 1.91. The highest BCUT2D eigenvalue weighted by Gasteiger charge is 2.30. The monoisotopic (exact) mass is 229 g/mol. The molecule has 1 aromatic rings. The molecule has 0 unspecified atom stereocenters. The lowest BCUT2D eigenvalue weighted by Crippen LogP contribution is -2.40. The molecule has 0 aliphatic carbocycles. The van der Waals surface area contributed by atoms with Crippen LogP contribution in [0.4, 0.5) is 4.79 Å². The Balaban J connectivity index is 2.87. The van der Waals surface area contributed by atoms with Crippen molar-refractivity contribution in [1.82, 2.24) is 10.4 Å². The van der Waals surface area contributed by atoms with Gasteiger partial charge in [0.2, 0.25) is 6.54 Å². The van der Waals surface area contributed by atoms with Gasteiger partial charge in [-0.1, -0.05) is 0 Å². The Labute approximate surface area is 90.6 Å². The minimum absolute atomic E-state index is 0.141. The number of nitro groups is 1. The first kappa shape index (κ1) is 12.0. The zero-order valence-corrected chi connectivity index (χ0v) is 8.49. The molecule has 0 aromatic carbocycles. The van der Waals surface area contributed by atoms with Gasteiger partial charge in [0.05, 0.1) is 6.26 Å². The number of urea groups is 1. The summed E-state index contributed by atoms with van der Waals surface area (Å²) >= 11 is 0. The van der Waals surface area contributed by atoms with E-state index in [-0.39, 0.29) is 10.8 Å². The standard InChI is InChI=1S/C8H11N3O5/c1-9-8(12)11(15)6(5-10(13)14)7-3-2-4-16-7/h2-4,6,15H,5H2,1H3,(H,9,12)/t6-/m0/s1. The molecule has 0 radical (unpaired) electrons. The zero-order valence-electron chi connectivity index (χ0n) is 8.49. The molecule has 1 rings (SSSR count). The average Bonchev–Trinajstić information content (AvgIpc) is 2.76. The number of nitrogens with one attached hydrogen (secondary N) is 1. The van der Waals surface area contributed by atoms with Gasteiger partial charge in [0, 0.05) is 12.0 Å². The molecule has 0 saturated heterocycles. The van der Waals surface area contributed by atoms with E-state index in [4.69, 9.17) is 4.42 Å². The van der Waals surface area contributed by atoms with E-state index in [1.54, 1.807) is 0 Å². The van der Waals surface area contributed by atoms with E-state index in [1.165, 1.54) is 25.4 Å². The second-order valence-electron chi connectivity index (χ2n) is 2.95. The minimum Gasteiger partial charge on any atom is -0.467 e. The molecule has 0 aliphatic heterocycles. The van der Waals surface area contributed by atoms with Crippen molar-refractivity contribution in [3.63, 3.8) is 0 Å². The van der Waals surface area contributed by atoms with Crippen molar-refractivity contribution in [3.05, 3.63) is 34.3 Å². The van der Waals surface area contributed by atoms with Gasteiger partial charge >= 0.3 is 6.03 Å². The van der Waals surface area contributed by atoms with Crippen LogP contribution < -0.4 is 5.32 Å². The number of carbonyl (C=O) groups is 1. The van der Waals surface area contributed by atoms with Crippen LogP contribution in [0.5, 0.6) is 0 Å². The van der Waals surface area contributed by atoms with Gasteiger partial charge in [-0.05, 0) is 12.1 Å². The Morgan fingerprint density at radius 2 is 2.50 bits per heavy atom. The molecule has 8 heteroatoms. The van der Waals surface area contributed by atoms with Gasteiger partial charge in [0.25, 0.3) is 0 Å². The fourth-order valence-corrected chi connectivity index (χ4v) is 1.17. The summed E-state index contributed by atoms with van der Waals surface area (Å²) in [5.74, 6) is 0.141. The highest BCUT2D eigenvalue weighted by atomic mass is 16.6. The lowest BCUT2D eigenvalue weighted by molar-refractivity contribution is -0.491. The van der Waals surface area contributed by atoms with Crippen LogP contribution in [0.15, 0.2) is 22.8 Å². The van der Waals surface area contributed by atoms with Gasteiger partial charge in [-0.3, -0.25) is 15.3 Å². The normalized spacial score (nSPS) is 11.9. The van der Waals surface area contributed by atoms with Crippen LogP contribution in [0.3, 0.4) is 0 Å². The van der Waals surface area contributed by atoms with Crippen molar-refractivity contribution in [2.75, 3.05) is 13.6 Å². The molecule has 16 heavy (non-hydrogen) atoms. The predicted octanol–water partition coefficient (Wildman–Crippen LogP) is 0.628. The molecule has 0 fully saturated rings. The summed E-state index contributed by atoms with van der Waals surface area (Å²) in [5.41, 5.74) is 0. The van der Waals surface area contributed by atoms with Crippen LogP contribution in [-0.2, 0) is 0 Å². The molecular weight excluding hydrogens is 218 g/mol. The number of carbonyl (C=O) groups excluding carboxylic acids is 1. The minimum atomic E-state index is -1.15. The SMILES string of the molecule is CNC(=O)N(O)[C@@H](C[N+](=O)[O-])c1ccco1. The summed E-state index contributed by atoms with van der Waals surface area (Å²) in [6, 6.07) is 0.966. The molecule has 0 spiro atoms. The first-order valence-electron chi connectivity index (χ1n) is 4.41. The second kappa shape index (κ2) is 5.12. The molecule has 1 aromatic heterocycles. The van der Waals surface area contributed by atoms with E-state index in [2.05, 4.69) is 5.32 Å². The number of hydrogen-bond donors (Lipinski definition) is 2. The summed E-state index contributed by atoms with van der Waals surface area (Å²) in [4.78, 5) is 20.9. The van der Waals surface area contributed by atoms with Crippen LogP contribution in [0.2, 0.25) is 0 Å². The van der Waals surface area contributed by atoms with Crippen LogP contribution >= 0.6 is 0 Å². The summed E-state index contributed by atoms with van der Waals surface area (Å²) in [5, 5.41) is 22.3. The van der Waals surface area contributed by atoms with Crippen molar-refractivity contribution in [2.45, 2.75) is 6.04 Å². The van der Waals surface area contributed by atoms with Crippen molar-refractivity contribution in [2.24, 2.45) is 0 Å². The first-order valence-corrected chi connectivity index (χ1v) is 4.41. The first-order chi connectivity index (χ1) is 7.56. The van der Waals surface area contributed by atoms with E-state index < -0.39 is 23.5 Å². The molecule has 0 aliphatic rings. The van der Waals surface area contributed by atoms with E-state index in [9.17, 15) is 20.1 Å². The summed E-state index contributed by atoms with van der Waals surface area (Å²) in [6.45, 7) is -0.641. The second-order valence-corrected chi connectivity index (χ2v) is 2.95.